The van der Waals surface area contributed by atoms with Crippen LogP contribution in [0.25, 0.3) is 17.1 Å². The first-order valence-electron chi connectivity index (χ1n) is 9.47. The van der Waals surface area contributed by atoms with Gasteiger partial charge in [-0.15, -0.1) is 10.2 Å². The van der Waals surface area contributed by atoms with Crippen LogP contribution in [-0.4, -0.2) is 31.4 Å². The number of imidazole rings is 1. The molecule has 2 aromatic heterocycles. The third kappa shape index (κ3) is 3.02. The van der Waals surface area contributed by atoms with Crippen molar-refractivity contribution in [3.63, 3.8) is 0 Å². The van der Waals surface area contributed by atoms with Gasteiger partial charge in [0, 0.05) is 5.56 Å². The lowest BCUT2D eigenvalue weighted by atomic mass is 10.1. The average molecular weight is 398 g/mol. The Hall–Kier alpha value is -3.96. The predicted octanol–water partition coefficient (Wildman–Crippen LogP) is 3.09. The van der Waals surface area contributed by atoms with E-state index < -0.39 is 0 Å². The second-order valence-corrected chi connectivity index (χ2v) is 6.91. The average Bonchev–Trinajstić information content (AvgIpc) is 3.35. The molecule has 30 heavy (non-hydrogen) atoms. The molecule has 0 saturated heterocycles. The maximum absolute atomic E-state index is 9.53. The summed E-state index contributed by atoms with van der Waals surface area (Å²) in [6.07, 6.45) is 1.67. The summed E-state index contributed by atoms with van der Waals surface area (Å²) in [7, 11) is 1.63. The monoisotopic (exact) mass is 398 g/mol. The zero-order valence-electron chi connectivity index (χ0n) is 16.3. The van der Waals surface area contributed by atoms with E-state index in [0.29, 0.717) is 42.9 Å². The van der Waals surface area contributed by atoms with E-state index in [1.165, 1.54) is 0 Å². The summed E-state index contributed by atoms with van der Waals surface area (Å²) < 4.78 is 15.2. The van der Waals surface area contributed by atoms with Gasteiger partial charge in [0.05, 0.1) is 31.6 Å². The van der Waals surface area contributed by atoms with Crippen LogP contribution in [0.5, 0.6) is 5.75 Å². The minimum atomic E-state index is 0.303. The van der Waals surface area contributed by atoms with Gasteiger partial charge < -0.3 is 14.0 Å². The summed E-state index contributed by atoms with van der Waals surface area (Å²) in [6.45, 7) is 1.21. The zero-order chi connectivity index (χ0) is 20.5. The van der Waals surface area contributed by atoms with Gasteiger partial charge in [0.15, 0.2) is 17.3 Å². The van der Waals surface area contributed by atoms with Crippen LogP contribution >= 0.6 is 0 Å². The number of nitriles is 1. The molecular formula is C22H18N6O2. The lowest BCUT2D eigenvalue weighted by Crippen LogP contribution is -2.09. The molecule has 148 valence electrons. The molecule has 1 aliphatic rings. The first kappa shape index (κ1) is 18.1. The van der Waals surface area contributed by atoms with Crippen molar-refractivity contribution in [2.45, 2.75) is 19.8 Å². The maximum atomic E-state index is 9.53. The van der Waals surface area contributed by atoms with E-state index >= 15 is 0 Å². The standard InChI is InChI=1S/C22H18N6O2/c1-29-16-7-8-19-17(9-16)22-26-25-21(13-30-12-15-5-3-2-4-6-15)27(22)11-20-18(10-23)24-14-28(19)20/h2-9,14H,11-13H2,1H3. The van der Waals surface area contributed by atoms with Crippen LogP contribution in [0.1, 0.15) is 22.8 Å². The van der Waals surface area contributed by atoms with Crippen LogP contribution in [-0.2, 0) is 24.5 Å². The Labute approximate surface area is 173 Å². The third-order valence-electron chi connectivity index (χ3n) is 5.15. The van der Waals surface area contributed by atoms with Crippen molar-refractivity contribution in [1.82, 2.24) is 24.3 Å². The fourth-order valence-electron chi connectivity index (χ4n) is 3.65. The van der Waals surface area contributed by atoms with Crippen LogP contribution in [0.15, 0.2) is 54.9 Å². The van der Waals surface area contributed by atoms with Crippen LogP contribution in [0.4, 0.5) is 0 Å². The molecule has 8 heteroatoms. The fourth-order valence-corrected chi connectivity index (χ4v) is 3.65. The summed E-state index contributed by atoms with van der Waals surface area (Å²) in [4.78, 5) is 4.27. The van der Waals surface area contributed by atoms with Gasteiger partial charge in [0.2, 0.25) is 0 Å². The molecule has 0 spiro atoms. The normalized spacial score (nSPS) is 11.7. The number of nitrogens with zero attached hydrogens (tertiary/aromatic N) is 6. The van der Waals surface area contributed by atoms with Crippen molar-refractivity contribution < 1.29 is 9.47 Å². The highest BCUT2D eigenvalue weighted by Crippen LogP contribution is 2.34. The highest BCUT2D eigenvalue weighted by atomic mass is 16.5. The number of rotatable bonds is 5. The molecule has 0 saturated carbocycles. The number of benzene rings is 2. The van der Waals surface area contributed by atoms with Crippen molar-refractivity contribution in [2.75, 3.05) is 7.11 Å². The van der Waals surface area contributed by atoms with Crippen LogP contribution in [0, 0.1) is 11.3 Å². The van der Waals surface area contributed by atoms with Crippen molar-refractivity contribution >= 4 is 0 Å². The molecule has 0 bridgehead atoms. The molecule has 4 aromatic rings. The fraction of sp³-hybridized carbons (Fsp3) is 0.182. The lowest BCUT2D eigenvalue weighted by molar-refractivity contribution is 0.0994. The lowest BCUT2D eigenvalue weighted by Gasteiger charge is -2.09. The Morgan fingerprint density at radius 2 is 1.97 bits per heavy atom. The first-order valence-corrected chi connectivity index (χ1v) is 9.47. The molecule has 2 aromatic carbocycles. The Morgan fingerprint density at radius 1 is 1.10 bits per heavy atom. The molecule has 5 rings (SSSR count). The quantitative estimate of drug-likeness (QED) is 0.452. The second-order valence-electron chi connectivity index (χ2n) is 6.91. The van der Waals surface area contributed by atoms with Gasteiger partial charge in [-0.3, -0.25) is 4.57 Å². The summed E-state index contributed by atoms with van der Waals surface area (Å²) >= 11 is 0. The predicted molar refractivity (Wildman–Crippen MR) is 108 cm³/mol. The summed E-state index contributed by atoms with van der Waals surface area (Å²) in [5.74, 6) is 2.11. The SMILES string of the molecule is COc1ccc2c(c1)-c1nnc(COCc3ccccc3)n1Cc1c(C#N)ncn1-2. The zero-order valence-corrected chi connectivity index (χ0v) is 16.3. The van der Waals surface area contributed by atoms with Crippen LogP contribution in [0.3, 0.4) is 0 Å². The molecule has 0 unspecified atom stereocenters. The molecule has 0 fully saturated rings. The van der Waals surface area contributed by atoms with E-state index in [1.54, 1.807) is 13.4 Å². The van der Waals surface area contributed by atoms with Gasteiger partial charge in [-0.1, -0.05) is 30.3 Å². The summed E-state index contributed by atoms with van der Waals surface area (Å²) in [5, 5.41) is 18.3. The minimum absolute atomic E-state index is 0.303. The Kier molecular flexibility index (Phi) is 4.50. The summed E-state index contributed by atoms with van der Waals surface area (Å²) in [6, 6.07) is 17.9. The molecule has 1 aliphatic heterocycles. The Morgan fingerprint density at radius 3 is 2.77 bits per heavy atom. The largest absolute Gasteiger partial charge is 0.497 e. The van der Waals surface area contributed by atoms with Gasteiger partial charge >= 0.3 is 0 Å². The summed E-state index contributed by atoms with van der Waals surface area (Å²) in [5.41, 5.74) is 3.99. The number of ether oxygens (including phenoxy) is 2. The molecule has 0 aliphatic carbocycles. The smallest absolute Gasteiger partial charge is 0.166 e. The van der Waals surface area contributed by atoms with E-state index in [4.69, 9.17) is 9.47 Å². The van der Waals surface area contributed by atoms with Gasteiger partial charge in [0.1, 0.15) is 24.8 Å². The molecule has 0 atom stereocenters. The molecule has 0 amide bonds. The van der Waals surface area contributed by atoms with Gasteiger partial charge in [-0.05, 0) is 23.8 Å². The van der Waals surface area contributed by atoms with E-state index in [9.17, 15) is 5.26 Å². The number of hydrogen-bond acceptors (Lipinski definition) is 6. The van der Waals surface area contributed by atoms with E-state index in [0.717, 1.165) is 22.5 Å². The van der Waals surface area contributed by atoms with E-state index in [-0.39, 0.29) is 0 Å². The highest BCUT2D eigenvalue weighted by molar-refractivity contribution is 5.71. The topological polar surface area (TPSA) is 90.8 Å². The maximum Gasteiger partial charge on any atom is 0.166 e. The molecule has 0 radical (unpaired) electrons. The highest BCUT2D eigenvalue weighted by Gasteiger charge is 2.26. The molecule has 3 heterocycles. The first-order chi connectivity index (χ1) is 14.8. The Balaban J connectivity index is 1.55. The minimum Gasteiger partial charge on any atom is -0.497 e. The van der Waals surface area contributed by atoms with Crippen LogP contribution < -0.4 is 4.74 Å². The van der Waals surface area contributed by atoms with Crippen molar-refractivity contribution in [3.05, 3.63) is 77.6 Å². The number of hydrogen-bond donors (Lipinski definition) is 0. The number of methoxy groups -OCH3 is 1. The van der Waals surface area contributed by atoms with E-state index in [2.05, 4.69) is 21.3 Å². The third-order valence-corrected chi connectivity index (χ3v) is 5.15. The van der Waals surface area contributed by atoms with E-state index in [1.807, 2.05) is 57.7 Å². The molecule has 0 N–H and O–H groups in total. The van der Waals surface area contributed by atoms with Crippen LogP contribution in [0.2, 0.25) is 0 Å². The molecule has 8 nitrogen and oxygen atoms in total. The van der Waals surface area contributed by atoms with Crippen molar-refractivity contribution in [1.29, 1.82) is 5.26 Å². The number of aromatic nitrogens is 5. The number of fused-ring (bicyclic) bond motifs is 5. The van der Waals surface area contributed by atoms with Crippen molar-refractivity contribution in [2.24, 2.45) is 0 Å². The second kappa shape index (κ2) is 7.46. The molecular weight excluding hydrogens is 380 g/mol. The Bertz CT molecular complexity index is 1250. The van der Waals surface area contributed by atoms with Gasteiger partial charge in [0.25, 0.3) is 0 Å². The van der Waals surface area contributed by atoms with Gasteiger partial charge in [-0.25, -0.2) is 4.98 Å². The van der Waals surface area contributed by atoms with Crippen molar-refractivity contribution in [3.8, 4) is 28.9 Å². The van der Waals surface area contributed by atoms with Gasteiger partial charge in [-0.2, -0.15) is 5.26 Å².